The molecule has 2 aromatic carbocycles. The molecule has 0 saturated heterocycles. The van der Waals surface area contributed by atoms with Crippen molar-refractivity contribution in [3.05, 3.63) is 47.8 Å². The summed E-state index contributed by atoms with van der Waals surface area (Å²) in [4.78, 5) is 4.59. The molecule has 1 aromatic heterocycles. The van der Waals surface area contributed by atoms with Crippen LogP contribution in [0, 0.1) is 12.7 Å². The van der Waals surface area contributed by atoms with Gasteiger partial charge in [0.2, 0.25) is 0 Å². The van der Waals surface area contributed by atoms with Crippen LogP contribution in [0.2, 0.25) is 0 Å². The van der Waals surface area contributed by atoms with E-state index in [1.54, 1.807) is 0 Å². The summed E-state index contributed by atoms with van der Waals surface area (Å²) in [5.41, 5.74) is 3.16. The first kappa shape index (κ1) is 12.4. The van der Waals surface area contributed by atoms with Crippen molar-refractivity contribution in [2.24, 2.45) is 0 Å². The molecular formula is C17H15FN2O. The van der Waals surface area contributed by atoms with Crippen molar-refractivity contribution >= 4 is 11.0 Å². The van der Waals surface area contributed by atoms with Crippen LogP contribution in [0.3, 0.4) is 0 Å². The second-order valence-corrected chi connectivity index (χ2v) is 5.66. The summed E-state index contributed by atoms with van der Waals surface area (Å²) in [6.07, 6.45) is 2.14. The Kier molecular flexibility index (Phi) is 2.55. The van der Waals surface area contributed by atoms with Crippen molar-refractivity contribution in [2.75, 3.05) is 0 Å². The van der Waals surface area contributed by atoms with Crippen molar-refractivity contribution < 1.29 is 9.50 Å². The van der Waals surface area contributed by atoms with E-state index in [4.69, 9.17) is 0 Å². The maximum atomic E-state index is 14.2. The van der Waals surface area contributed by atoms with Gasteiger partial charge in [0.25, 0.3) is 0 Å². The summed E-state index contributed by atoms with van der Waals surface area (Å²) >= 11 is 0. The van der Waals surface area contributed by atoms with Crippen LogP contribution in [0.4, 0.5) is 4.39 Å². The molecule has 4 heteroatoms. The highest BCUT2D eigenvalue weighted by molar-refractivity contribution is 5.83. The lowest BCUT2D eigenvalue weighted by atomic mass is 10.1. The molecule has 0 bridgehead atoms. The molecule has 1 aliphatic carbocycles. The topological polar surface area (TPSA) is 38.1 Å². The number of aromatic nitrogens is 2. The summed E-state index contributed by atoms with van der Waals surface area (Å²) in [5, 5.41) is 10.1. The number of nitrogens with zero attached hydrogens (tertiary/aromatic N) is 2. The first-order chi connectivity index (χ1) is 10.1. The lowest BCUT2D eigenvalue weighted by molar-refractivity contribution is 0.470. The maximum absolute atomic E-state index is 14.2. The van der Waals surface area contributed by atoms with Crippen molar-refractivity contribution in [2.45, 2.75) is 25.8 Å². The van der Waals surface area contributed by atoms with Crippen LogP contribution in [0.25, 0.3) is 22.4 Å². The van der Waals surface area contributed by atoms with Gasteiger partial charge in [-0.3, -0.25) is 0 Å². The Labute approximate surface area is 121 Å². The summed E-state index contributed by atoms with van der Waals surface area (Å²) in [6, 6.07) is 10.8. The lowest BCUT2D eigenvalue weighted by Crippen LogP contribution is -1.99. The maximum Gasteiger partial charge on any atom is 0.148 e. The third-order valence-corrected chi connectivity index (χ3v) is 3.97. The minimum Gasteiger partial charge on any atom is -0.507 e. The predicted molar refractivity (Wildman–Crippen MR) is 79.8 cm³/mol. The standard InChI is InChI=1S/C17H15FN2O/c1-10-5-8-14-13(9-10)19-17(20(14)11-6-7-11)16-12(18)3-2-4-15(16)21/h2-5,8-9,11,21H,6-7H2,1H3. The number of halogens is 1. The van der Waals surface area contributed by atoms with Gasteiger partial charge in [-0.25, -0.2) is 9.37 Å². The highest BCUT2D eigenvalue weighted by Gasteiger charge is 2.30. The fourth-order valence-electron chi connectivity index (χ4n) is 2.82. The molecule has 0 radical (unpaired) electrons. The van der Waals surface area contributed by atoms with E-state index in [0.29, 0.717) is 11.9 Å². The van der Waals surface area contributed by atoms with Gasteiger partial charge in [-0.05, 0) is 49.6 Å². The molecule has 0 spiro atoms. The fraction of sp³-hybridized carbons (Fsp3) is 0.235. The van der Waals surface area contributed by atoms with Crippen molar-refractivity contribution in [3.63, 3.8) is 0 Å². The van der Waals surface area contributed by atoms with Crippen LogP contribution in [0.15, 0.2) is 36.4 Å². The van der Waals surface area contributed by atoms with Crippen LogP contribution < -0.4 is 0 Å². The van der Waals surface area contributed by atoms with E-state index in [-0.39, 0.29) is 11.3 Å². The number of rotatable bonds is 2. The van der Waals surface area contributed by atoms with Crippen molar-refractivity contribution in [3.8, 4) is 17.1 Å². The Bertz CT molecular complexity index is 829. The molecule has 1 heterocycles. The fourth-order valence-corrected chi connectivity index (χ4v) is 2.82. The Morgan fingerprint density at radius 2 is 2.05 bits per heavy atom. The molecule has 4 rings (SSSR count). The molecule has 0 atom stereocenters. The Morgan fingerprint density at radius 3 is 2.76 bits per heavy atom. The van der Waals surface area contributed by atoms with E-state index in [2.05, 4.69) is 9.55 Å². The summed E-state index contributed by atoms with van der Waals surface area (Å²) in [7, 11) is 0. The van der Waals surface area contributed by atoms with Gasteiger partial charge in [0.1, 0.15) is 17.4 Å². The zero-order valence-electron chi connectivity index (χ0n) is 11.7. The van der Waals surface area contributed by atoms with Crippen molar-refractivity contribution in [1.82, 2.24) is 9.55 Å². The smallest absolute Gasteiger partial charge is 0.148 e. The van der Waals surface area contributed by atoms with Gasteiger partial charge >= 0.3 is 0 Å². The minimum atomic E-state index is -0.441. The molecule has 21 heavy (non-hydrogen) atoms. The van der Waals surface area contributed by atoms with Crippen LogP contribution >= 0.6 is 0 Å². The van der Waals surface area contributed by atoms with E-state index in [0.717, 1.165) is 29.4 Å². The minimum absolute atomic E-state index is 0.0658. The molecule has 1 aliphatic rings. The molecule has 1 fully saturated rings. The lowest BCUT2D eigenvalue weighted by Gasteiger charge is -2.09. The van der Waals surface area contributed by atoms with Gasteiger partial charge in [0.05, 0.1) is 16.6 Å². The molecule has 1 saturated carbocycles. The highest BCUT2D eigenvalue weighted by atomic mass is 19.1. The number of imidazole rings is 1. The number of aryl methyl sites for hydroxylation is 1. The monoisotopic (exact) mass is 282 g/mol. The van der Waals surface area contributed by atoms with Gasteiger partial charge in [-0.2, -0.15) is 0 Å². The molecule has 0 amide bonds. The Balaban J connectivity index is 2.06. The Hall–Kier alpha value is -2.36. The number of benzene rings is 2. The number of fused-ring (bicyclic) bond motifs is 1. The zero-order chi connectivity index (χ0) is 14.6. The molecule has 0 unspecified atom stereocenters. The van der Waals surface area contributed by atoms with Crippen molar-refractivity contribution in [1.29, 1.82) is 0 Å². The van der Waals surface area contributed by atoms with E-state index >= 15 is 0 Å². The summed E-state index contributed by atoms with van der Waals surface area (Å²) in [5.74, 6) is 0.0153. The second kappa shape index (κ2) is 4.32. The van der Waals surface area contributed by atoms with Crippen LogP contribution in [0.1, 0.15) is 24.4 Å². The van der Waals surface area contributed by atoms with Gasteiger partial charge in [0, 0.05) is 6.04 Å². The number of phenols is 1. The van der Waals surface area contributed by atoms with E-state index in [9.17, 15) is 9.50 Å². The second-order valence-electron chi connectivity index (χ2n) is 5.66. The zero-order valence-corrected chi connectivity index (χ0v) is 11.7. The third kappa shape index (κ3) is 1.90. The molecular weight excluding hydrogens is 267 g/mol. The number of hydrogen-bond acceptors (Lipinski definition) is 2. The average molecular weight is 282 g/mol. The van der Waals surface area contributed by atoms with Gasteiger partial charge < -0.3 is 9.67 Å². The molecule has 0 aliphatic heterocycles. The predicted octanol–water partition coefficient (Wildman–Crippen LogP) is 4.19. The number of aromatic hydroxyl groups is 1. The van der Waals surface area contributed by atoms with Crippen LogP contribution in [0.5, 0.6) is 5.75 Å². The SMILES string of the molecule is Cc1ccc2c(c1)nc(-c1c(O)cccc1F)n2C1CC1. The first-order valence-corrected chi connectivity index (χ1v) is 7.11. The number of hydrogen-bond donors (Lipinski definition) is 1. The highest BCUT2D eigenvalue weighted by Crippen LogP contribution is 2.43. The summed E-state index contributed by atoms with van der Waals surface area (Å²) in [6.45, 7) is 2.01. The first-order valence-electron chi connectivity index (χ1n) is 7.11. The van der Waals surface area contributed by atoms with E-state index in [1.165, 1.54) is 18.2 Å². The van der Waals surface area contributed by atoms with Crippen LogP contribution in [-0.2, 0) is 0 Å². The van der Waals surface area contributed by atoms with Crippen LogP contribution in [-0.4, -0.2) is 14.7 Å². The summed E-state index contributed by atoms with van der Waals surface area (Å²) < 4.78 is 16.3. The van der Waals surface area contributed by atoms with Gasteiger partial charge in [-0.1, -0.05) is 12.1 Å². The van der Waals surface area contributed by atoms with E-state index < -0.39 is 5.82 Å². The van der Waals surface area contributed by atoms with E-state index in [1.807, 2.05) is 25.1 Å². The third-order valence-electron chi connectivity index (χ3n) is 3.97. The Morgan fingerprint density at radius 1 is 1.24 bits per heavy atom. The molecule has 3 nitrogen and oxygen atoms in total. The van der Waals surface area contributed by atoms with Gasteiger partial charge in [0.15, 0.2) is 0 Å². The normalized spacial score (nSPS) is 14.8. The quantitative estimate of drug-likeness (QED) is 0.765. The average Bonchev–Trinajstić information content (AvgIpc) is 3.20. The molecule has 3 aromatic rings. The number of phenolic OH excluding ortho intramolecular Hbond substituents is 1. The van der Waals surface area contributed by atoms with Gasteiger partial charge in [-0.15, -0.1) is 0 Å². The molecule has 106 valence electrons. The largest absolute Gasteiger partial charge is 0.507 e. The molecule has 1 N–H and O–H groups in total.